The molecule has 1 aromatic carbocycles. The Balaban J connectivity index is 1.46. The SMILES string of the molecule is [B]C1(n2cc(-c3n[nH]c4cc(OC)c(-c5cccc6c5CCC6C#N)nc34)cn2)CCNCC1. The number of hydrogen-bond acceptors (Lipinski definition) is 6. The molecule has 168 valence electrons. The first kappa shape index (κ1) is 20.9. The van der Waals surface area contributed by atoms with Gasteiger partial charge in [0.15, 0.2) is 0 Å². The molecule has 0 bridgehead atoms. The summed E-state index contributed by atoms with van der Waals surface area (Å²) in [7, 11) is 8.30. The fourth-order valence-electron chi connectivity index (χ4n) is 5.27. The molecule has 0 saturated carbocycles. The number of nitrogens with zero attached hydrogens (tertiary/aromatic N) is 5. The molecule has 2 N–H and O–H groups in total. The topological polar surface area (TPSA) is 104 Å². The third kappa shape index (κ3) is 3.21. The third-order valence-corrected chi connectivity index (χ3v) is 7.18. The molecule has 3 aromatic heterocycles. The lowest BCUT2D eigenvalue weighted by atomic mass is 9.71. The van der Waals surface area contributed by atoms with E-state index in [9.17, 15) is 5.26 Å². The van der Waals surface area contributed by atoms with Gasteiger partial charge in [-0.25, -0.2) is 4.98 Å². The van der Waals surface area contributed by atoms with Gasteiger partial charge in [0.1, 0.15) is 30.5 Å². The number of hydrogen-bond donors (Lipinski definition) is 2. The quantitative estimate of drug-likeness (QED) is 0.464. The van der Waals surface area contributed by atoms with Crippen molar-refractivity contribution in [3.63, 3.8) is 0 Å². The number of pyridine rings is 1. The Hall–Kier alpha value is -3.64. The van der Waals surface area contributed by atoms with E-state index in [0.29, 0.717) is 5.75 Å². The van der Waals surface area contributed by atoms with Crippen LogP contribution in [0.25, 0.3) is 33.5 Å². The van der Waals surface area contributed by atoms with Crippen molar-refractivity contribution < 1.29 is 4.74 Å². The molecular weight excluding hydrogens is 425 g/mol. The van der Waals surface area contributed by atoms with Crippen molar-refractivity contribution in [2.24, 2.45) is 0 Å². The zero-order chi connectivity index (χ0) is 23.3. The number of benzene rings is 1. The molecule has 1 unspecified atom stereocenters. The second-order valence-corrected chi connectivity index (χ2v) is 9.13. The monoisotopic (exact) mass is 449 g/mol. The van der Waals surface area contributed by atoms with Crippen LogP contribution in [0, 0.1) is 11.3 Å². The highest BCUT2D eigenvalue weighted by molar-refractivity contribution is 6.13. The summed E-state index contributed by atoms with van der Waals surface area (Å²) in [5.74, 6) is 0.599. The maximum atomic E-state index is 9.54. The minimum absolute atomic E-state index is 0.0708. The van der Waals surface area contributed by atoms with Crippen LogP contribution in [0.2, 0.25) is 0 Å². The second kappa shape index (κ2) is 7.99. The number of ether oxygens (including phenoxy) is 1. The van der Waals surface area contributed by atoms with E-state index in [4.69, 9.17) is 17.6 Å². The number of piperidine rings is 1. The normalized spacial score (nSPS) is 19.1. The van der Waals surface area contributed by atoms with Gasteiger partial charge in [-0.15, -0.1) is 0 Å². The van der Waals surface area contributed by atoms with Crippen molar-refractivity contribution in [3.8, 4) is 34.3 Å². The molecule has 1 saturated heterocycles. The van der Waals surface area contributed by atoms with Crippen LogP contribution < -0.4 is 10.1 Å². The summed E-state index contributed by atoms with van der Waals surface area (Å²) in [4.78, 5) is 5.04. The predicted molar refractivity (Wildman–Crippen MR) is 130 cm³/mol. The lowest BCUT2D eigenvalue weighted by molar-refractivity contribution is 0.291. The molecule has 0 spiro atoms. The van der Waals surface area contributed by atoms with E-state index in [2.05, 4.69) is 32.7 Å². The molecule has 2 radical (unpaired) electrons. The Bertz CT molecular complexity index is 1430. The lowest BCUT2D eigenvalue weighted by Crippen LogP contribution is -2.44. The number of fused-ring (bicyclic) bond motifs is 2. The maximum absolute atomic E-state index is 9.54. The van der Waals surface area contributed by atoms with E-state index in [0.717, 1.165) is 77.9 Å². The van der Waals surface area contributed by atoms with Gasteiger partial charge in [0.05, 0.1) is 30.8 Å². The standard InChI is InChI=1S/C25H24BN7O/c1-34-21-11-20-24(30-23(21)19-4-2-3-17-15(12-27)5-6-18(17)19)22(32-31-20)16-13-29-33(14-16)25(26)7-9-28-10-8-25/h2-4,11,13-15,28H,5-10H2,1H3,(H,31,32). The highest BCUT2D eigenvalue weighted by atomic mass is 16.5. The maximum Gasteiger partial charge on any atom is 0.147 e. The van der Waals surface area contributed by atoms with Crippen molar-refractivity contribution in [1.29, 1.82) is 5.26 Å². The summed E-state index contributed by atoms with van der Waals surface area (Å²) in [6, 6.07) is 10.5. The number of nitrogens with one attached hydrogen (secondary N) is 2. The summed E-state index contributed by atoms with van der Waals surface area (Å²) in [6.45, 7) is 1.74. The number of rotatable bonds is 4. The van der Waals surface area contributed by atoms with Gasteiger partial charge in [-0.2, -0.15) is 15.5 Å². The van der Waals surface area contributed by atoms with E-state index in [1.807, 2.05) is 29.1 Å². The molecule has 8 nitrogen and oxygen atoms in total. The van der Waals surface area contributed by atoms with Crippen molar-refractivity contribution in [3.05, 3.63) is 47.8 Å². The second-order valence-electron chi connectivity index (χ2n) is 9.13. The zero-order valence-electron chi connectivity index (χ0n) is 19.0. The number of aromatic amines is 1. The number of nitriles is 1. The first-order valence-electron chi connectivity index (χ1n) is 11.6. The van der Waals surface area contributed by atoms with E-state index >= 15 is 0 Å². The van der Waals surface area contributed by atoms with E-state index in [-0.39, 0.29) is 5.92 Å². The molecule has 2 aliphatic rings. The molecule has 1 aliphatic carbocycles. The fourth-order valence-corrected chi connectivity index (χ4v) is 5.27. The summed E-state index contributed by atoms with van der Waals surface area (Å²) < 4.78 is 7.58. The highest BCUT2D eigenvalue weighted by Crippen LogP contribution is 2.42. The fraction of sp³-hybridized carbons (Fsp3) is 0.360. The largest absolute Gasteiger partial charge is 0.494 e. The van der Waals surface area contributed by atoms with Crippen molar-refractivity contribution in [1.82, 2.24) is 30.3 Å². The summed E-state index contributed by atoms with van der Waals surface area (Å²) in [5, 5.41) is 25.1. The van der Waals surface area contributed by atoms with Crippen molar-refractivity contribution in [2.45, 2.75) is 37.0 Å². The summed E-state index contributed by atoms with van der Waals surface area (Å²) >= 11 is 0. The first-order chi connectivity index (χ1) is 16.6. The van der Waals surface area contributed by atoms with Gasteiger partial charge in [0.2, 0.25) is 0 Å². The Kier molecular flexibility index (Phi) is 4.92. The van der Waals surface area contributed by atoms with Crippen molar-refractivity contribution in [2.75, 3.05) is 20.2 Å². The Morgan fingerprint density at radius 3 is 2.91 bits per heavy atom. The van der Waals surface area contributed by atoms with Gasteiger partial charge in [-0.3, -0.25) is 9.78 Å². The minimum Gasteiger partial charge on any atom is -0.494 e. The third-order valence-electron chi connectivity index (χ3n) is 7.18. The van der Waals surface area contributed by atoms with Gasteiger partial charge in [0.25, 0.3) is 0 Å². The Morgan fingerprint density at radius 2 is 2.12 bits per heavy atom. The van der Waals surface area contributed by atoms with Gasteiger partial charge in [-0.05, 0) is 49.9 Å². The molecular formula is C25H24BN7O. The van der Waals surface area contributed by atoms with Crippen LogP contribution in [0.1, 0.15) is 36.3 Å². The minimum atomic E-state index is -0.501. The highest BCUT2D eigenvalue weighted by Gasteiger charge is 2.30. The van der Waals surface area contributed by atoms with E-state index < -0.39 is 5.44 Å². The molecule has 6 rings (SSSR count). The first-order valence-corrected chi connectivity index (χ1v) is 11.6. The number of aromatic nitrogens is 5. The smallest absolute Gasteiger partial charge is 0.147 e. The van der Waals surface area contributed by atoms with Crippen LogP contribution in [0.15, 0.2) is 36.7 Å². The van der Waals surface area contributed by atoms with Crippen molar-refractivity contribution >= 4 is 18.9 Å². The Morgan fingerprint density at radius 1 is 1.26 bits per heavy atom. The zero-order valence-corrected chi connectivity index (χ0v) is 19.0. The van der Waals surface area contributed by atoms with Gasteiger partial charge in [0, 0.05) is 28.8 Å². The molecule has 1 aliphatic heterocycles. The summed E-state index contributed by atoms with van der Waals surface area (Å²) in [5.41, 5.74) is 6.65. The van der Waals surface area contributed by atoms with E-state index in [1.54, 1.807) is 13.3 Å². The number of H-pyrrole nitrogens is 1. The average Bonchev–Trinajstić information content (AvgIpc) is 3.61. The molecule has 0 amide bonds. The van der Waals surface area contributed by atoms with Gasteiger partial charge >= 0.3 is 0 Å². The van der Waals surface area contributed by atoms with Crippen LogP contribution in [-0.4, -0.2) is 53.0 Å². The van der Waals surface area contributed by atoms with Crippen LogP contribution >= 0.6 is 0 Å². The van der Waals surface area contributed by atoms with Crippen LogP contribution in [-0.2, 0) is 11.9 Å². The summed E-state index contributed by atoms with van der Waals surface area (Å²) in [6.07, 6.45) is 7.08. The van der Waals surface area contributed by atoms with Crippen LogP contribution in [0.4, 0.5) is 0 Å². The predicted octanol–water partition coefficient (Wildman–Crippen LogP) is 3.26. The number of methoxy groups -OCH3 is 1. The van der Waals surface area contributed by atoms with Crippen LogP contribution in [0.5, 0.6) is 5.75 Å². The molecule has 4 heterocycles. The molecule has 9 heteroatoms. The Labute approximate surface area is 198 Å². The van der Waals surface area contributed by atoms with E-state index in [1.165, 1.54) is 5.56 Å². The lowest BCUT2D eigenvalue weighted by Gasteiger charge is -2.35. The average molecular weight is 449 g/mol. The van der Waals surface area contributed by atoms with Crippen LogP contribution in [0.3, 0.4) is 0 Å². The molecule has 1 fully saturated rings. The molecule has 34 heavy (non-hydrogen) atoms. The van der Waals surface area contributed by atoms with Gasteiger partial charge in [-0.1, -0.05) is 18.2 Å². The van der Waals surface area contributed by atoms with Gasteiger partial charge < -0.3 is 10.1 Å². The molecule has 4 aromatic rings. The molecule has 1 atom stereocenters.